The largest absolute Gasteiger partial charge is 0.488 e. The van der Waals surface area contributed by atoms with Crippen LogP contribution in [0.3, 0.4) is 0 Å². The first kappa shape index (κ1) is 25.3. The summed E-state index contributed by atoms with van der Waals surface area (Å²) in [7, 11) is 0. The first-order valence-electron chi connectivity index (χ1n) is 11.4. The van der Waals surface area contributed by atoms with Crippen LogP contribution in [0.25, 0.3) is 11.3 Å². The van der Waals surface area contributed by atoms with E-state index in [4.69, 9.17) is 10.5 Å². The Morgan fingerprint density at radius 2 is 1.89 bits per heavy atom. The van der Waals surface area contributed by atoms with Crippen molar-refractivity contribution in [3.8, 4) is 17.0 Å². The van der Waals surface area contributed by atoms with Gasteiger partial charge in [0.05, 0.1) is 11.9 Å². The fraction of sp³-hybridized carbons (Fsp3) is 0.231. The number of nitrogens with two attached hydrogens (primary N) is 1. The van der Waals surface area contributed by atoms with Gasteiger partial charge in [0.2, 0.25) is 11.5 Å². The highest BCUT2D eigenvalue weighted by molar-refractivity contribution is 5.94. The van der Waals surface area contributed by atoms with Crippen molar-refractivity contribution in [2.24, 2.45) is 5.73 Å². The van der Waals surface area contributed by atoms with Crippen LogP contribution in [0.1, 0.15) is 34.1 Å². The Balaban J connectivity index is 1.77. The van der Waals surface area contributed by atoms with Gasteiger partial charge in [-0.3, -0.25) is 4.79 Å². The number of rotatable bonds is 6. The van der Waals surface area contributed by atoms with E-state index in [0.29, 0.717) is 0 Å². The van der Waals surface area contributed by atoms with Crippen molar-refractivity contribution in [2.75, 3.05) is 6.61 Å². The molecule has 2 aromatic carbocycles. The number of carbonyl (C=O) groups is 1. The molecule has 0 aliphatic carbocycles. The van der Waals surface area contributed by atoms with Crippen LogP contribution in [-0.2, 0) is 17.6 Å². The molecule has 0 saturated carbocycles. The highest BCUT2D eigenvalue weighted by Crippen LogP contribution is 2.49. The standard InChI is InChI=1S/C26H21F4N5O3/c1-24(35-11-10-32-34-35)14-38-22-19(24)12-20(33-21(22)15-6-8-17(27)9-7-15)25(37,26(28,29)30)13-16-4-2-3-5-18(16)23(31)36/h2-12,37H,13-14H2,1H3,(H2,31,36)/t24-,25-/m0/s1. The minimum absolute atomic E-state index is 0.0139. The van der Waals surface area contributed by atoms with Gasteiger partial charge in [-0.25, -0.2) is 14.1 Å². The molecule has 0 fully saturated rings. The lowest BCUT2D eigenvalue weighted by molar-refractivity contribution is -0.267. The van der Waals surface area contributed by atoms with Crippen LogP contribution in [0.2, 0.25) is 0 Å². The molecule has 0 bridgehead atoms. The second-order valence-electron chi connectivity index (χ2n) is 9.21. The van der Waals surface area contributed by atoms with E-state index in [0.717, 1.165) is 18.2 Å². The number of carbonyl (C=O) groups excluding carboxylic acids is 1. The molecule has 38 heavy (non-hydrogen) atoms. The van der Waals surface area contributed by atoms with Crippen LogP contribution in [0.5, 0.6) is 5.75 Å². The molecule has 4 aromatic rings. The number of primary amides is 1. The molecular formula is C26H21F4N5O3. The highest BCUT2D eigenvalue weighted by atomic mass is 19.4. The number of aliphatic hydroxyl groups is 1. The van der Waals surface area contributed by atoms with Crippen molar-refractivity contribution < 1.29 is 32.2 Å². The van der Waals surface area contributed by atoms with Gasteiger partial charge in [-0.1, -0.05) is 23.4 Å². The summed E-state index contributed by atoms with van der Waals surface area (Å²) in [6.45, 7) is 1.68. The average molecular weight is 527 g/mol. The van der Waals surface area contributed by atoms with Gasteiger partial charge in [0.25, 0.3) is 0 Å². The first-order valence-corrected chi connectivity index (χ1v) is 11.4. The third-order valence-corrected chi connectivity index (χ3v) is 6.72. The number of hydrogen-bond acceptors (Lipinski definition) is 6. The highest BCUT2D eigenvalue weighted by Gasteiger charge is 2.57. The fourth-order valence-electron chi connectivity index (χ4n) is 4.57. The first-order chi connectivity index (χ1) is 17.9. The zero-order valence-electron chi connectivity index (χ0n) is 19.9. The molecule has 1 aliphatic rings. The van der Waals surface area contributed by atoms with Gasteiger partial charge in [-0.2, -0.15) is 13.2 Å². The van der Waals surface area contributed by atoms with Crippen LogP contribution in [0.15, 0.2) is 67.0 Å². The van der Waals surface area contributed by atoms with Crippen LogP contribution < -0.4 is 10.5 Å². The van der Waals surface area contributed by atoms with E-state index in [1.165, 1.54) is 53.5 Å². The summed E-state index contributed by atoms with van der Waals surface area (Å²) >= 11 is 0. The Kier molecular flexibility index (Phi) is 5.94. The maximum atomic E-state index is 14.7. The van der Waals surface area contributed by atoms with Crippen LogP contribution >= 0.6 is 0 Å². The van der Waals surface area contributed by atoms with E-state index in [-0.39, 0.29) is 40.3 Å². The van der Waals surface area contributed by atoms with Crippen LogP contribution in [-0.4, -0.2) is 43.8 Å². The molecule has 2 aromatic heterocycles. The number of halogens is 4. The number of ether oxygens (including phenoxy) is 1. The van der Waals surface area contributed by atoms with Gasteiger partial charge >= 0.3 is 6.18 Å². The third-order valence-electron chi connectivity index (χ3n) is 6.72. The van der Waals surface area contributed by atoms with Gasteiger partial charge < -0.3 is 15.6 Å². The number of hydrogen-bond donors (Lipinski definition) is 2. The van der Waals surface area contributed by atoms with Crippen molar-refractivity contribution in [3.05, 3.63) is 95.2 Å². The second-order valence-corrected chi connectivity index (χ2v) is 9.21. The van der Waals surface area contributed by atoms with Crippen LogP contribution in [0.4, 0.5) is 17.6 Å². The molecule has 12 heteroatoms. The molecule has 3 heterocycles. The van der Waals surface area contributed by atoms with E-state index in [2.05, 4.69) is 15.3 Å². The van der Waals surface area contributed by atoms with E-state index in [1.807, 2.05) is 0 Å². The summed E-state index contributed by atoms with van der Waals surface area (Å²) in [5, 5.41) is 19.1. The Bertz CT molecular complexity index is 1510. The molecular weight excluding hydrogens is 506 g/mol. The molecule has 0 saturated heterocycles. The van der Waals surface area contributed by atoms with Gasteiger partial charge in [-0.05, 0) is 48.9 Å². The normalized spacial score (nSPS) is 18.5. The molecule has 8 nitrogen and oxygen atoms in total. The zero-order chi connectivity index (χ0) is 27.3. The second kappa shape index (κ2) is 8.91. The zero-order valence-corrected chi connectivity index (χ0v) is 19.9. The minimum atomic E-state index is -5.22. The summed E-state index contributed by atoms with van der Waals surface area (Å²) in [6, 6.07) is 11.6. The summed E-state index contributed by atoms with van der Waals surface area (Å²) in [5.74, 6) is -1.32. The quantitative estimate of drug-likeness (QED) is 0.369. The van der Waals surface area contributed by atoms with E-state index in [1.54, 1.807) is 6.92 Å². The summed E-state index contributed by atoms with van der Waals surface area (Å²) in [5.41, 5.74) is 0.247. The number of amides is 1. The summed E-state index contributed by atoms with van der Waals surface area (Å²) < 4.78 is 65.1. The predicted octanol–water partition coefficient (Wildman–Crippen LogP) is 3.73. The van der Waals surface area contributed by atoms with Gasteiger partial charge in [0, 0.05) is 29.3 Å². The predicted molar refractivity (Wildman–Crippen MR) is 127 cm³/mol. The lowest BCUT2D eigenvalue weighted by atomic mass is 9.84. The number of nitrogens with zero attached hydrogens (tertiary/aromatic N) is 4. The molecule has 0 spiro atoms. The van der Waals surface area contributed by atoms with Crippen molar-refractivity contribution >= 4 is 5.91 Å². The number of pyridine rings is 1. The minimum Gasteiger partial charge on any atom is -0.488 e. The molecule has 0 unspecified atom stereocenters. The van der Waals surface area contributed by atoms with Crippen molar-refractivity contribution in [1.82, 2.24) is 20.0 Å². The lowest BCUT2D eigenvalue weighted by Gasteiger charge is -2.32. The molecule has 3 N–H and O–H groups in total. The molecule has 0 radical (unpaired) electrons. The van der Waals surface area contributed by atoms with E-state index < -0.39 is 41.2 Å². The van der Waals surface area contributed by atoms with Crippen LogP contribution in [0, 0.1) is 5.82 Å². The van der Waals surface area contributed by atoms with Crippen molar-refractivity contribution in [2.45, 2.75) is 30.7 Å². The maximum absolute atomic E-state index is 14.7. The number of benzene rings is 2. The summed E-state index contributed by atoms with van der Waals surface area (Å²) in [6.07, 6.45) is -3.30. The average Bonchev–Trinajstić information content (AvgIpc) is 3.53. The van der Waals surface area contributed by atoms with E-state index in [9.17, 15) is 27.5 Å². The van der Waals surface area contributed by atoms with Gasteiger partial charge in [0.1, 0.15) is 23.7 Å². The number of alkyl halides is 3. The van der Waals surface area contributed by atoms with Crippen molar-refractivity contribution in [3.63, 3.8) is 0 Å². The van der Waals surface area contributed by atoms with Gasteiger partial charge in [0.15, 0.2) is 5.75 Å². The monoisotopic (exact) mass is 527 g/mol. The Labute approximate surface area is 213 Å². The fourth-order valence-corrected chi connectivity index (χ4v) is 4.57. The number of fused-ring (bicyclic) bond motifs is 1. The third kappa shape index (κ3) is 4.06. The Morgan fingerprint density at radius 3 is 2.53 bits per heavy atom. The SMILES string of the molecule is C[C@]1(n2ccnn2)COc2c1cc([C@@](O)(Cc1ccccc1C(N)=O)C(F)(F)F)nc2-c1ccc(F)cc1. The maximum Gasteiger partial charge on any atom is 0.423 e. The molecule has 1 aliphatic heterocycles. The van der Waals surface area contributed by atoms with Gasteiger partial charge in [-0.15, -0.1) is 5.10 Å². The topological polar surface area (TPSA) is 116 Å². The lowest BCUT2D eigenvalue weighted by Crippen LogP contribution is -2.45. The smallest absolute Gasteiger partial charge is 0.423 e. The Hall–Kier alpha value is -4.32. The Morgan fingerprint density at radius 1 is 1.18 bits per heavy atom. The molecule has 5 rings (SSSR count). The number of aromatic nitrogens is 4. The molecule has 2 atom stereocenters. The molecule has 1 amide bonds. The summed E-state index contributed by atoms with van der Waals surface area (Å²) in [4.78, 5) is 16.1. The van der Waals surface area contributed by atoms with Crippen molar-refractivity contribution in [1.29, 1.82) is 0 Å². The molecule has 196 valence electrons. The van der Waals surface area contributed by atoms with E-state index >= 15 is 0 Å².